The molecule has 38 heavy (non-hydrogen) atoms. The third-order valence-corrected chi connectivity index (χ3v) is 6.32. The molecule has 10 nitrogen and oxygen atoms in total. The summed E-state index contributed by atoms with van der Waals surface area (Å²) in [4.78, 5) is 49.9. The van der Waals surface area contributed by atoms with Crippen LogP contribution in [0.3, 0.4) is 0 Å². The molecule has 1 aromatic carbocycles. The fraction of sp³-hybridized carbons (Fsp3) is 0.643. The minimum Gasteiger partial charge on any atom is -0.477 e. The number of unbranched alkanes of at least 4 members (excludes halogenated alkanes) is 1. The largest absolute Gasteiger partial charge is 0.510 e. The number of carbonyl (C=O) groups excluding carboxylic acids is 3. The zero-order chi connectivity index (χ0) is 28.9. The molecule has 2 N–H and O–H groups in total. The molecule has 3 unspecified atom stereocenters. The summed E-state index contributed by atoms with van der Waals surface area (Å²) >= 11 is 0. The molecule has 0 spiro atoms. The molecule has 214 valence electrons. The Morgan fingerprint density at radius 3 is 1.97 bits per heavy atom. The average molecular weight is 538 g/mol. The van der Waals surface area contributed by atoms with Crippen molar-refractivity contribution in [2.45, 2.75) is 98.8 Å². The summed E-state index contributed by atoms with van der Waals surface area (Å²) < 4.78 is 21.5. The molecule has 1 aromatic rings. The normalized spacial score (nSPS) is 14.9. The monoisotopic (exact) mass is 537 g/mol. The molecule has 10 heteroatoms. The van der Waals surface area contributed by atoms with E-state index in [4.69, 9.17) is 18.9 Å². The Hall–Kier alpha value is -3.14. The van der Waals surface area contributed by atoms with Crippen molar-refractivity contribution < 1.29 is 43.2 Å². The molecule has 4 atom stereocenters. The van der Waals surface area contributed by atoms with Gasteiger partial charge in [0.05, 0.1) is 18.4 Å². The van der Waals surface area contributed by atoms with Crippen molar-refractivity contribution in [3.8, 4) is 11.5 Å². The summed E-state index contributed by atoms with van der Waals surface area (Å²) in [6, 6.07) is 4.06. The van der Waals surface area contributed by atoms with Crippen LogP contribution < -0.4 is 14.8 Å². The van der Waals surface area contributed by atoms with Crippen LogP contribution in [0.5, 0.6) is 11.5 Å². The number of carboxylic acid groups (broad SMARTS) is 1. The first-order chi connectivity index (χ1) is 17.9. The lowest BCUT2D eigenvalue weighted by Gasteiger charge is -2.32. The summed E-state index contributed by atoms with van der Waals surface area (Å²) in [5.41, 5.74) is -1.80. The van der Waals surface area contributed by atoms with Crippen molar-refractivity contribution in [1.82, 2.24) is 5.32 Å². The number of nitrogens with one attached hydrogen (secondary N) is 1. The minimum absolute atomic E-state index is 0.0298. The zero-order valence-electron chi connectivity index (χ0n) is 23.6. The molecule has 0 saturated carbocycles. The average Bonchev–Trinajstić information content (AvgIpc) is 2.88. The van der Waals surface area contributed by atoms with Gasteiger partial charge in [-0.25, -0.2) is 9.59 Å². The molecule has 1 rings (SSSR count). The van der Waals surface area contributed by atoms with E-state index in [0.29, 0.717) is 31.2 Å². The van der Waals surface area contributed by atoms with E-state index in [-0.39, 0.29) is 36.5 Å². The first-order valence-corrected chi connectivity index (χ1v) is 13.4. The second-order valence-corrected chi connectivity index (χ2v) is 9.56. The Morgan fingerprint density at radius 1 is 0.895 bits per heavy atom. The molecular formula is C28H43NO9. The number of carbonyl (C=O) groups is 4. The summed E-state index contributed by atoms with van der Waals surface area (Å²) in [6.45, 7) is 12.8. The van der Waals surface area contributed by atoms with Crippen LogP contribution in [-0.2, 0) is 30.3 Å². The topological polar surface area (TPSA) is 137 Å². The Kier molecular flexibility index (Phi) is 13.8. The molecule has 0 radical (unpaired) electrons. The van der Waals surface area contributed by atoms with E-state index in [1.54, 1.807) is 20.8 Å². The van der Waals surface area contributed by atoms with Gasteiger partial charge in [0.15, 0.2) is 11.5 Å². The van der Waals surface area contributed by atoms with E-state index in [1.807, 2.05) is 27.7 Å². The summed E-state index contributed by atoms with van der Waals surface area (Å²) in [7, 11) is 0. The fourth-order valence-electron chi connectivity index (χ4n) is 3.13. The van der Waals surface area contributed by atoms with Gasteiger partial charge in [-0.05, 0) is 50.3 Å². The van der Waals surface area contributed by atoms with E-state index in [0.717, 1.165) is 6.42 Å². The highest BCUT2D eigenvalue weighted by Gasteiger charge is 2.44. The third kappa shape index (κ3) is 9.96. The number of esters is 2. The molecule has 0 aliphatic heterocycles. The van der Waals surface area contributed by atoms with Crippen LogP contribution in [0.15, 0.2) is 18.2 Å². The summed E-state index contributed by atoms with van der Waals surface area (Å²) in [6.07, 6.45) is 1.63. The Morgan fingerprint density at radius 2 is 1.47 bits per heavy atom. The van der Waals surface area contributed by atoms with Gasteiger partial charge >= 0.3 is 24.1 Å². The molecular weight excluding hydrogens is 494 g/mol. The molecule has 0 heterocycles. The smallest absolute Gasteiger partial charge is 0.477 e. The van der Waals surface area contributed by atoms with E-state index < -0.39 is 35.7 Å². The predicted molar refractivity (Wildman–Crippen MR) is 141 cm³/mol. The van der Waals surface area contributed by atoms with Crippen LogP contribution in [0.1, 0.15) is 86.1 Å². The van der Waals surface area contributed by atoms with E-state index in [2.05, 4.69) is 5.32 Å². The lowest BCUT2D eigenvalue weighted by Crippen LogP contribution is -2.59. The highest BCUT2D eigenvalue weighted by Crippen LogP contribution is 2.32. The minimum atomic E-state index is -2.16. The lowest BCUT2D eigenvalue weighted by atomic mass is 10.00. The Balaban J connectivity index is 3.45. The van der Waals surface area contributed by atoms with Gasteiger partial charge in [0.25, 0.3) is 5.72 Å². The number of rotatable bonds is 16. The van der Waals surface area contributed by atoms with Crippen molar-refractivity contribution in [2.75, 3.05) is 6.61 Å². The molecule has 0 fully saturated rings. The standard InChI is InChI=1S/C28H43NO9/c1-8-12-15-35-27(34)38-28(26(32)33,29-20(7)11-4)17-21-13-14-22(36-24(30)18(5)9-2)23(16-21)37-25(31)19(6)10-3/h13-14,16,18-20,29H,8-12,15,17H2,1-7H3,(H,32,33)/t18?,19?,20?,28-/m0/s1. The summed E-state index contributed by atoms with van der Waals surface area (Å²) in [5, 5.41) is 13.1. The van der Waals surface area contributed by atoms with Crippen LogP contribution in [0.4, 0.5) is 4.79 Å². The highest BCUT2D eigenvalue weighted by atomic mass is 16.7. The molecule has 0 bridgehead atoms. The number of ether oxygens (including phenoxy) is 4. The highest BCUT2D eigenvalue weighted by molar-refractivity contribution is 5.81. The van der Waals surface area contributed by atoms with Gasteiger partial charge in [-0.1, -0.05) is 54.0 Å². The molecule has 0 saturated heterocycles. The Bertz CT molecular complexity index is 948. The SMILES string of the molecule is CCCCOC(=O)O[C@](Cc1ccc(OC(=O)C(C)CC)c(OC(=O)C(C)CC)c1)(NC(C)CC)C(=O)O. The first kappa shape index (κ1) is 32.9. The number of aliphatic carboxylic acids is 1. The first-order valence-electron chi connectivity index (χ1n) is 13.4. The van der Waals surface area contributed by atoms with Crippen LogP contribution in [0.2, 0.25) is 0 Å². The third-order valence-electron chi connectivity index (χ3n) is 6.32. The predicted octanol–water partition coefficient (Wildman–Crippen LogP) is 5.25. The summed E-state index contributed by atoms with van der Waals surface area (Å²) in [5.74, 6) is -3.22. The molecule has 0 amide bonds. The fourth-order valence-corrected chi connectivity index (χ4v) is 3.13. The van der Waals surface area contributed by atoms with Crippen molar-refractivity contribution >= 4 is 24.1 Å². The zero-order valence-corrected chi connectivity index (χ0v) is 23.6. The van der Waals surface area contributed by atoms with E-state index in [9.17, 15) is 24.3 Å². The molecule has 0 aliphatic rings. The maximum absolute atomic E-state index is 12.6. The number of benzene rings is 1. The van der Waals surface area contributed by atoms with Crippen LogP contribution in [0.25, 0.3) is 0 Å². The maximum atomic E-state index is 12.6. The van der Waals surface area contributed by atoms with Gasteiger partial charge in [0.2, 0.25) is 0 Å². The van der Waals surface area contributed by atoms with Gasteiger partial charge in [0.1, 0.15) is 0 Å². The van der Waals surface area contributed by atoms with Crippen LogP contribution in [-0.4, -0.2) is 47.5 Å². The molecule has 0 aliphatic carbocycles. The van der Waals surface area contributed by atoms with Crippen molar-refractivity contribution in [3.05, 3.63) is 23.8 Å². The van der Waals surface area contributed by atoms with E-state index >= 15 is 0 Å². The lowest BCUT2D eigenvalue weighted by molar-refractivity contribution is -0.167. The van der Waals surface area contributed by atoms with Gasteiger partial charge in [-0.3, -0.25) is 14.9 Å². The van der Waals surface area contributed by atoms with E-state index in [1.165, 1.54) is 18.2 Å². The van der Waals surface area contributed by atoms with Crippen molar-refractivity contribution in [1.29, 1.82) is 0 Å². The second kappa shape index (κ2) is 16.0. The maximum Gasteiger partial charge on any atom is 0.510 e. The quantitative estimate of drug-likeness (QED) is 0.124. The number of hydrogen-bond donors (Lipinski definition) is 2. The van der Waals surface area contributed by atoms with Gasteiger partial charge in [-0.15, -0.1) is 0 Å². The van der Waals surface area contributed by atoms with Gasteiger partial charge in [-0.2, -0.15) is 0 Å². The second-order valence-electron chi connectivity index (χ2n) is 9.56. The van der Waals surface area contributed by atoms with Crippen molar-refractivity contribution in [3.63, 3.8) is 0 Å². The number of hydrogen-bond acceptors (Lipinski definition) is 9. The van der Waals surface area contributed by atoms with Crippen molar-refractivity contribution in [2.24, 2.45) is 11.8 Å². The van der Waals surface area contributed by atoms with Crippen LogP contribution in [0, 0.1) is 11.8 Å². The number of carboxylic acids is 1. The van der Waals surface area contributed by atoms with Gasteiger partial charge in [0, 0.05) is 12.5 Å². The van der Waals surface area contributed by atoms with Crippen LogP contribution >= 0.6 is 0 Å². The van der Waals surface area contributed by atoms with Gasteiger partial charge < -0.3 is 24.1 Å². The molecule has 0 aromatic heterocycles. The Labute approximate surface area is 225 Å².